The average Bonchev–Trinajstić information content (AvgIpc) is 3.47. The number of hydrogen-bond acceptors (Lipinski definition) is 6. The van der Waals surface area contributed by atoms with Crippen LogP contribution in [0.4, 0.5) is 15.8 Å². The van der Waals surface area contributed by atoms with Crippen molar-refractivity contribution in [1.29, 1.82) is 0 Å². The Bertz CT molecular complexity index is 1390. The van der Waals surface area contributed by atoms with Gasteiger partial charge in [-0.15, -0.1) is 0 Å². The van der Waals surface area contributed by atoms with Gasteiger partial charge in [-0.05, 0) is 73.9 Å². The van der Waals surface area contributed by atoms with E-state index in [1.54, 1.807) is 0 Å². The molecule has 0 spiro atoms. The molecule has 1 N–H and O–H groups in total. The lowest BCUT2D eigenvalue weighted by Gasteiger charge is -2.26. The molecule has 0 bridgehead atoms. The van der Waals surface area contributed by atoms with Crippen molar-refractivity contribution in [2.45, 2.75) is 30.7 Å². The number of nitrogens with zero attached hydrogens (tertiary/aromatic N) is 2. The fourth-order valence-electron chi connectivity index (χ4n) is 4.68. The molecule has 10 heteroatoms. The summed E-state index contributed by atoms with van der Waals surface area (Å²) in [5.74, 6) is -0.245. The Balaban J connectivity index is 1.35. The highest BCUT2D eigenvalue weighted by atomic mass is 32.2. The highest BCUT2D eigenvalue weighted by Crippen LogP contribution is 2.34. The monoisotopic (exact) mass is 539 g/mol. The lowest BCUT2D eigenvalue weighted by Crippen LogP contribution is -2.41. The summed E-state index contributed by atoms with van der Waals surface area (Å²) in [5.41, 5.74) is 2.22. The van der Waals surface area contributed by atoms with Crippen LogP contribution in [0.2, 0.25) is 0 Å². The number of carbonyl (C=O) groups excluding carboxylic acids is 1. The second-order valence-electron chi connectivity index (χ2n) is 9.37. The number of amides is 1. The Morgan fingerprint density at radius 2 is 1.63 bits per heavy atom. The minimum Gasteiger partial charge on any atom is -0.486 e. The quantitative estimate of drug-likeness (QED) is 0.460. The van der Waals surface area contributed by atoms with Gasteiger partial charge in [0.25, 0.3) is 10.0 Å². The molecule has 3 aromatic carbocycles. The van der Waals surface area contributed by atoms with Crippen LogP contribution >= 0.6 is 0 Å². The van der Waals surface area contributed by atoms with E-state index in [0.717, 1.165) is 40.8 Å². The van der Waals surface area contributed by atoms with E-state index in [2.05, 4.69) is 10.2 Å². The minimum absolute atomic E-state index is 0.0653. The third kappa shape index (κ3) is 5.55. The molecule has 2 heterocycles. The summed E-state index contributed by atoms with van der Waals surface area (Å²) in [5, 5.41) is 2.89. The predicted octanol–water partition coefficient (Wildman–Crippen LogP) is 4.27. The van der Waals surface area contributed by atoms with Crippen LogP contribution in [0, 0.1) is 5.82 Å². The number of benzene rings is 3. The van der Waals surface area contributed by atoms with Gasteiger partial charge in [-0.2, -0.15) is 0 Å². The molecule has 0 aromatic heterocycles. The topological polar surface area (TPSA) is 88.2 Å². The first kappa shape index (κ1) is 25.8. The van der Waals surface area contributed by atoms with Crippen LogP contribution in [0.25, 0.3) is 0 Å². The van der Waals surface area contributed by atoms with E-state index in [-0.39, 0.29) is 16.6 Å². The summed E-state index contributed by atoms with van der Waals surface area (Å²) in [6.07, 6.45) is 2.38. The Morgan fingerprint density at radius 3 is 2.32 bits per heavy atom. The Labute approximate surface area is 222 Å². The molecule has 38 heavy (non-hydrogen) atoms. The summed E-state index contributed by atoms with van der Waals surface area (Å²) in [6, 6.07) is 17.0. The van der Waals surface area contributed by atoms with Gasteiger partial charge in [-0.25, -0.2) is 12.8 Å². The summed E-state index contributed by atoms with van der Waals surface area (Å²) >= 11 is 0. The largest absolute Gasteiger partial charge is 0.486 e. The van der Waals surface area contributed by atoms with Gasteiger partial charge in [-0.1, -0.05) is 12.1 Å². The average molecular weight is 540 g/mol. The van der Waals surface area contributed by atoms with Crippen LogP contribution in [0.1, 0.15) is 31.4 Å². The number of halogens is 1. The number of rotatable bonds is 8. The molecule has 1 fully saturated rings. The lowest BCUT2D eigenvalue weighted by atomic mass is 10.1. The molecule has 200 valence electrons. The first-order valence-corrected chi connectivity index (χ1v) is 14.1. The van der Waals surface area contributed by atoms with Crippen LogP contribution in [0.15, 0.2) is 71.6 Å². The van der Waals surface area contributed by atoms with E-state index in [1.807, 2.05) is 31.2 Å². The third-order valence-electron chi connectivity index (χ3n) is 6.75. The Kier molecular flexibility index (Phi) is 7.42. The van der Waals surface area contributed by atoms with Crippen molar-refractivity contribution < 1.29 is 27.1 Å². The van der Waals surface area contributed by atoms with E-state index in [0.29, 0.717) is 24.7 Å². The van der Waals surface area contributed by atoms with Crippen LogP contribution < -0.4 is 24.0 Å². The van der Waals surface area contributed by atoms with Gasteiger partial charge in [0.1, 0.15) is 25.6 Å². The first-order valence-electron chi connectivity index (χ1n) is 12.6. The van der Waals surface area contributed by atoms with E-state index < -0.39 is 28.3 Å². The zero-order valence-electron chi connectivity index (χ0n) is 21.1. The number of ether oxygens (including phenoxy) is 2. The zero-order valence-corrected chi connectivity index (χ0v) is 21.9. The van der Waals surface area contributed by atoms with Gasteiger partial charge in [0.05, 0.1) is 16.6 Å². The number of sulfonamides is 1. The smallest absolute Gasteiger partial charge is 0.264 e. The molecule has 5 rings (SSSR count). The van der Waals surface area contributed by atoms with Crippen molar-refractivity contribution in [2.24, 2.45) is 0 Å². The minimum atomic E-state index is -4.20. The second kappa shape index (κ2) is 10.9. The summed E-state index contributed by atoms with van der Waals surface area (Å²) in [4.78, 5) is 15.4. The van der Waals surface area contributed by atoms with Crippen LogP contribution in [0.3, 0.4) is 0 Å². The fraction of sp³-hybridized carbons (Fsp3) is 0.321. The Morgan fingerprint density at radius 1 is 0.974 bits per heavy atom. The van der Waals surface area contributed by atoms with Gasteiger partial charge < -0.3 is 19.7 Å². The van der Waals surface area contributed by atoms with Crippen molar-refractivity contribution in [3.05, 3.63) is 78.1 Å². The van der Waals surface area contributed by atoms with Gasteiger partial charge in [0, 0.05) is 24.8 Å². The van der Waals surface area contributed by atoms with Gasteiger partial charge in [0.15, 0.2) is 11.5 Å². The lowest BCUT2D eigenvalue weighted by molar-refractivity contribution is -0.120. The maximum absolute atomic E-state index is 13.7. The maximum Gasteiger partial charge on any atom is 0.264 e. The maximum atomic E-state index is 13.7. The molecular weight excluding hydrogens is 509 g/mol. The number of nitrogens with one attached hydrogen (secondary N) is 1. The van der Waals surface area contributed by atoms with Crippen molar-refractivity contribution in [3.63, 3.8) is 0 Å². The van der Waals surface area contributed by atoms with Crippen LogP contribution in [-0.2, 0) is 14.8 Å². The van der Waals surface area contributed by atoms with Crippen molar-refractivity contribution >= 4 is 27.3 Å². The number of anilines is 2. The first-order chi connectivity index (χ1) is 18.3. The van der Waals surface area contributed by atoms with E-state index >= 15 is 0 Å². The molecule has 1 saturated heterocycles. The van der Waals surface area contributed by atoms with Gasteiger partial charge >= 0.3 is 0 Å². The normalized spacial score (nSPS) is 15.7. The molecule has 0 aliphatic carbocycles. The van der Waals surface area contributed by atoms with Gasteiger partial charge in [-0.3, -0.25) is 9.10 Å². The molecule has 2 aliphatic rings. The van der Waals surface area contributed by atoms with Gasteiger partial charge in [0.2, 0.25) is 5.91 Å². The standard InChI is InChI=1S/C28H30FN3O5S/c1-20(21-4-8-23(9-5-21)31-14-2-3-15-31)30-28(33)19-32(24-10-6-22(29)7-11-24)38(34,35)25-12-13-26-27(18-25)37-17-16-36-26/h4-13,18,20H,2-3,14-17,19H2,1H3,(H,30,33). The summed E-state index contributed by atoms with van der Waals surface area (Å²) in [6.45, 7) is 4.13. The molecule has 0 saturated carbocycles. The SMILES string of the molecule is CC(NC(=O)CN(c1ccc(F)cc1)S(=O)(=O)c1ccc2c(c1)OCCO2)c1ccc(N2CCCC2)cc1. The molecule has 2 aliphatic heterocycles. The zero-order chi connectivity index (χ0) is 26.7. The molecule has 3 aromatic rings. The third-order valence-corrected chi connectivity index (χ3v) is 8.52. The number of hydrogen-bond donors (Lipinski definition) is 1. The fourth-order valence-corrected chi connectivity index (χ4v) is 6.12. The highest BCUT2D eigenvalue weighted by Gasteiger charge is 2.29. The van der Waals surface area contributed by atoms with Crippen molar-refractivity contribution in [3.8, 4) is 11.5 Å². The van der Waals surface area contributed by atoms with Crippen molar-refractivity contribution in [2.75, 3.05) is 42.1 Å². The molecule has 0 radical (unpaired) electrons. The molecule has 8 nitrogen and oxygen atoms in total. The van der Waals surface area contributed by atoms with E-state index in [1.165, 1.54) is 43.2 Å². The predicted molar refractivity (Wildman–Crippen MR) is 143 cm³/mol. The molecule has 1 unspecified atom stereocenters. The highest BCUT2D eigenvalue weighted by molar-refractivity contribution is 7.92. The summed E-state index contributed by atoms with van der Waals surface area (Å²) < 4.78 is 53.1. The molecule has 1 atom stereocenters. The Hall–Kier alpha value is -3.79. The molecule has 1 amide bonds. The second-order valence-corrected chi connectivity index (χ2v) is 11.2. The number of fused-ring (bicyclic) bond motifs is 1. The van der Waals surface area contributed by atoms with E-state index in [4.69, 9.17) is 9.47 Å². The van der Waals surface area contributed by atoms with Crippen LogP contribution in [0.5, 0.6) is 11.5 Å². The van der Waals surface area contributed by atoms with E-state index in [9.17, 15) is 17.6 Å². The van der Waals surface area contributed by atoms with Crippen LogP contribution in [-0.4, -0.2) is 47.2 Å². The summed E-state index contributed by atoms with van der Waals surface area (Å²) in [7, 11) is -4.20. The van der Waals surface area contributed by atoms with Crippen molar-refractivity contribution in [1.82, 2.24) is 5.32 Å². The molecular formula is C28H30FN3O5S. The number of carbonyl (C=O) groups is 1.